The number of nitrogens with two attached hydrogens (primary N) is 1. The lowest BCUT2D eigenvalue weighted by Crippen LogP contribution is -2.26. The molecule has 0 spiro atoms. The van der Waals surface area contributed by atoms with E-state index in [0.29, 0.717) is 16.9 Å². The maximum absolute atomic E-state index is 12.6. The molecule has 20 heavy (non-hydrogen) atoms. The highest BCUT2D eigenvalue weighted by Crippen LogP contribution is 2.29. The number of aromatic nitrogens is 1. The van der Waals surface area contributed by atoms with E-state index in [-0.39, 0.29) is 5.91 Å². The summed E-state index contributed by atoms with van der Waals surface area (Å²) in [5, 5.41) is 2.86. The van der Waals surface area contributed by atoms with Gasteiger partial charge in [0, 0.05) is 28.7 Å². The van der Waals surface area contributed by atoms with Gasteiger partial charge in [0.2, 0.25) is 0 Å². The molecule has 1 amide bonds. The summed E-state index contributed by atoms with van der Waals surface area (Å²) in [5.41, 5.74) is 7.73. The summed E-state index contributed by atoms with van der Waals surface area (Å²) in [5.74, 6) is -0.0691. The number of carbonyl (C=O) groups is 1. The Morgan fingerprint density at radius 2 is 2.10 bits per heavy atom. The number of thiophene rings is 1. The molecule has 0 saturated carbocycles. The summed E-state index contributed by atoms with van der Waals surface area (Å²) in [6, 6.07) is 9.62. The zero-order valence-electron chi connectivity index (χ0n) is 10.9. The smallest absolute Gasteiger partial charge is 0.259 e. The van der Waals surface area contributed by atoms with Crippen molar-refractivity contribution in [3.05, 3.63) is 53.7 Å². The second-order valence-electron chi connectivity index (χ2n) is 4.44. The molecule has 100 valence electrons. The normalized spacial score (nSPS) is 10.7. The van der Waals surface area contributed by atoms with Gasteiger partial charge in [-0.1, -0.05) is 18.2 Å². The van der Waals surface area contributed by atoms with Crippen molar-refractivity contribution < 1.29 is 4.79 Å². The number of nitrogen functional groups attached to an aromatic ring is 1. The Labute approximate surface area is 120 Å². The minimum absolute atomic E-state index is 0.0691. The molecule has 0 bridgehead atoms. The van der Waals surface area contributed by atoms with E-state index in [2.05, 4.69) is 4.98 Å². The van der Waals surface area contributed by atoms with E-state index in [4.69, 9.17) is 5.73 Å². The highest BCUT2D eigenvalue weighted by molar-refractivity contribution is 7.17. The number of amides is 1. The molecule has 2 heterocycles. The van der Waals surface area contributed by atoms with Crippen LogP contribution in [0.1, 0.15) is 10.4 Å². The number of pyridine rings is 1. The van der Waals surface area contributed by atoms with Crippen LogP contribution in [0.5, 0.6) is 0 Å². The monoisotopic (exact) mass is 283 g/mol. The van der Waals surface area contributed by atoms with E-state index in [1.165, 1.54) is 0 Å². The fourth-order valence-corrected chi connectivity index (χ4v) is 3.07. The molecule has 3 rings (SSSR count). The third-order valence-corrected chi connectivity index (χ3v) is 4.17. The second kappa shape index (κ2) is 4.94. The molecule has 0 aliphatic heterocycles. The van der Waals surface area contributed by atoms with Crippen molar-refractivity contribution in [1.29, 1.82) is 0 Å². The van der Waals surface area contributed by atoms with Gasteiger partial charge in [-0.2, -0.15) is 0 Å². The molecular formula is C15H13N3OS. The molecule has 0 fully saturated rings. The van der Waals surface area contributed by atoms with Crippen molar-refractivity contribution in [3.8, 4) is 0 Å². The molecule has 0 saturated heterocycles. The summed E-state index contributed by atoms with van der Waals surface area (Å²) in [6.07, 6.45) is 3.17. The maximum atomic E-state index is 12.6. The van der Waals surface area contributed by atoms with Crippen LogP contribution in [-0.4, -0.2) is 17.9 Å². The molecule has 0 aliphatic rings. The average molecular weight is 283 g/mol. The van der Waals surface area contributed by atoms with Gasteiger partial charge in [-0.05, 0) is 12.1 Å². The first kappa shape index (κ1) is 12.6. The predicted octanol–water partition coefficient (Wildman–Crippen LogP) is 3.16. The van der Waals surface area contributed by atoms with E-state index in [9.17, 15) is 4.79 Å². The number of fused-ring (bicyclic) bond motifs is 1. The van der Waals surface area contributed by atoms with Crippen LogP contribution in [0.3, 0.4) is 0 Å². The van der Waals surface area contributed by atoms with E-state index in [1.54, 1.807) is 41.7 Å². The third-order valence-electron chi connectivity index (χ3n) is 3.21. The third kappa shape index (κ3) is 2.02. The van der Waals surface area contributed by atoms with Crippen LogP contribution >= 0.6 is 11.3 Å². The van der Waals surface area contributed by atoms with E-state index >= 15 is 0 Å². The van der Waals surface area contributed by atoms with Crippen molar-refractivity contribution in [3.63, 3.8) is 0 Å². The van der Waals surface area contributed by atoms with Gasteiger partial charge in [0.05, 0.1) is 23.1 Å². The molecule has 0 radical (unpaired) electrons. The minimum atomic E-state index is -0.0691. The van der Waals surface area contributed by atoms with Crippen LogP contribution in [0.25, 0.3) is 10.1 Å². The number of carbonyl (C=O) groups excluding carboxylic acids is 1. The largest absolute Gasteiger partial charge is 0.396 e. The van der Waals surface area contributed by atoms with E-state index in [1.807, 2.05) is 29.6 Å². The van der Waals surface area contributed by atoms with Gasteiger partial charge in [0.15, 0.2) is 0 Å². The van der Waals surface area contributed by atoms with Gasteiger partial charge < -0.3 is 10.6 Å². The van der Waals surface area contributed by atoms with E-state index in [0.717, 1.165) is 10.1 Å². The van der Waals surface area contributed by atoms with E-state index < -0.39 is 0 Å². The maximum Gasteiger partial charge on any atom is 0.259 e. The van der Waals surface area contributed by atoms with Gasteiger partial charge in [0.25, 0.3) is 5.91 Å². The standard InChI is InChI=1S/C15H13N3OS/c1-18(13-6-7-17-8-12(13)16)15(19)11-9-20-14-5-3-2-4-10(11)14/h2-9H,16H2,1H3. The van der Waals surface area contributed by atoms with Crippen molar-refractivity contribution in [1.82, 2.24) is 4.98 Å². The number of hydrogen-bond acceptors (Lipinski definition) is 4. The van der Waals surface area contributed by atoms with Gasteiger partial charge in [-0.3, -0.25) is 9.78 Å². The Kier molecular flexibility index (Phi) is 3.12. The summed E-state index contributed by atoms with van der Waals surface area (Å²) >= 11 is 1.57. The van der Waals surface area contributed by atoms with Gasteiger partial charge in [-0.15, -0.1) is 11.3 Å². The Balaban J connectivity index is 2.03. The molecular weight excluding hydrogens is 270 g/mol. The zero-order chi connectivity index (χ0) is 14.1. The Hall–Kier alpha value is -2.40. The van der Waals surface area contributed by atoms with Gasteiger partial charge in [-0.25, -0.2) is 0 Å². The Morgan fingerprint density at radius 1 is 1.30 bits per heavy atom. The fourth-order valence-electron chi connectivity index (χ4n) is 2.14. The first-order valence-electron chi connectivity index (χ1n) is 6.12. The van der Waals surface area contributed by atoms with Gasteiger partial charge >= 0.3 is 0 Å². The van der Waals surface area contributed by atoms with Crippen molar-refractivity contribution in [2.45, 2.75) is 0 Å². The zero-order valence-corrected chi connectivity index (χ0v) is 11.7. The predicted molar refractivity (Wildman–Crippen MR) is 83.2 cm³/mol. The molecule has 2 N–H and O–H groups in total. The summed E-state index contributed by atoms with van der Waals surface area (Å²) in [4.78, 5) is 18.1. The number of rotatable bonds is 2. The first-order valence-corrected chi connectivity index (χ1v) is 7.00. The number of benzene rings is 1. The minimum Gasteiger partial charge on any atom is -0.396 e. The SMILES string of the molecule is CN(C(=O)c1csc2ccccc12)c1ccncc1N. The molecule has 4 nitrogen and oxygen atoms in total. The number of anilines is 2. The van der Waals surface area contributed by atoms with Crippen molar-refractivity contribution >= 4 is 38.7 Å². The second-order valence-corrected chi connectivity index (χ2v) is 5.36. The molecule has 0 atom stereocenters. The molecule has 1 aromatic carbocycles. The molecule has 2 aromatic heterocycles. The Bertz CT molecular complexity index is 781. The molecule has 0 unspecified atom stereocenters. The lowest BCUT2D eigenvalue weighted by molar-refractivity contribution is 0.0995. The summed E-state index contributed by atoms with van der Waals surface area (Å²) in [6.45, 7) is 0. The van der Waals surface area contributed by atoms with Crippen LogP contribution in [0.15, 0.2) is 48.1 Å². The topological polar surface area (TPSA) is 59.2 Å². The fraction of sp³-hybridized carbons (Fsp3) is 0.0667. The number of nitrogens with zero attached hydrogens (tertiary/aromatic N) is 2. The molecule has 0 aliphatic carbocycles. The lowest BCUT2D eigenvalue weighted by atomic mass is 10.1. The molecule has 5 heteroatoms. The van der Waals surface area contributed by atoms with Crippen molar-refractivity contribution in [2.75, 3.05) is 17.7 Å². The van der Waals surface area contributed by atoms with Crippen LogP contribution in [0.2, 0.25) is 0 Å². The highest BCUT2D eigenvalue weighted by atomic mass is 32.1. The summed E-state index contributed by atoms with van der Waals surface area (Å²) in [7, 11) is 1.72. The van der Waals surface area contributed by atoms with Crippen LogP contribution in [0.4, 0.5) is 11.4 Å². The van der Waals surface area contributed by atoms with Crippen LogP contribution in [0, 0.1) is 0 Å². The van der Waals surface area contributed by atoms with Crippen LogP contribution in [-0.2, 0) is 0 Å². The summed E-state index contributed by atoms with van der Waals surface area (Å²) < 4.78 is 1.10. The van der Waals surface area contributed by atoms with Gasteiger partial charge in [0.1, 0.15) is 0 Å². The highest BCUT2D eigenvalue weighted by Gasteiger charge is 2.18. The first-order chi connectivity index (χ1) is 9.68. The average Bonchev–Trinajstić information content (AvgIpc) is 2.90. The quantitative estimate of drug-likeness (QED) is 0.786. The number of hydrogen-bond donors (Lipinski definition) is 1. The lowest BCUT2D eigenvalue weighted by Gasteiger charge is -2.18. The van der Waals surface area contributed by atoms with Crippen molar-refractivity contribution in [2.24, 2.45) is 0 Å². The van der Waals surface area contributed by atoms with Crippen LogP contribution < -0.4 is 10.6 Å². The Morgan fingerprint density at radius 3 is 2.90 bits per heavy atom. The molecule has 3 aromatic rings.